The van der Waals surface area contributed by atoms with Crippen molar-refractivity contribution in [2.24, 2.45) is 0 Å². The third kappa shape index (κ3) is 11.6. The molecule has 0 radical (unpaired) electrons. The van der Waals surface area contributed by atoms with E-state index in [1.165, 1.54) is 7.11 Å². The summed E-state index contributed by atoms with van der Waals surface area (Å²) >= 11 is 2.08. The number of hydrogen-bond acceptors (Lipinski definition) is 3. The quantitative estimate of drug-likeness (QED) is 0.416. The van der Waals surface area contributed by atoms with Crippen LogP contribution < -0.4 is 0 Å². The second kappa shape index (κ2) is 11.9. The highest BCUT2D eigenvalue weighted by Gasteiger charge is 1.95. The minimum atomic E-state index is -0.397. The third-order valence-corrected chi connectivity index (χ3v) is 2.44. The van der Waals surface area contributed by atoms with E-state index >= 15 is 0 Å². The van der Waals surface area contributed by atoms with Gasteiger partial charge in [-0.1, -0.05) is 46.9 Å². The summed E-state index contributed by atoms with van der Waals surface area (Å²) < 4.78 is 6.33. The van der Waals surface area contributed by atoms with E-state index in [0.717, 1.165) is 6.42 Å². The van der Waals surface area contributed by atoms with Crippen molar-refractivity contribution >= 4 is 28.6 Å². The number of hydrogen-bond donors (Lipinski definition) is 1. The molecule has 1 atom stereocenters. The van der Waals surface area contributed by atoms with Gasteiger partial charge in [0.15, 0.2) is 0 Å². The Morgan fingerprint density at radius 3 is 2.71 bits per heavy atom. The summed E-state index contributed by atoms with van der Waals surface area (Å²) in [5.74, 6) is -0.182. The van der Waals surface area contributed by atoms with E-state index in [1.807, 2.05) is 28.4 Å². The number of carbonyl (C=O) groups excluding carboxylic acids is 1. The van der Waals surface area contributed by atoms with E-state index in [0.29, 0.717) is 19.3 Å². The van der Waals surface area contributed by atoms with Crippen molar-refractivity contribution in [1.29, 1.82) is 0 Å². The molecule has 0 saturated heterocycles. The Morgan fingerprint density at radius 1 is 1.35 bits per heavy atom. The summed E-state index contributed by atoms with van der Waals surface area (Å²) in [5, 5.41) is 9.37. The molecule has 0 amide bonds. The summed E-state index contributed by atoms with van der Waals surface area (Å²) in [4.78, 5) is 10.8. The first kappa shape index (κ1) is 16.4. The second-order valence-electron chi connectivity index (χ2n) is 3.41. The van der Waals surface area contributed by atoms with E-state index in [2.05, 4.69) is 27.3 Å². The largest absolute Gasteiger partial charge is 0.469 e. The highest BCUT2D eigenvalue weighted by atomic mass is 127. The molecule has 0 rings (SSSR count). The summed E-state index contributed by atoms with van der Waals surface area (Å²) in [6.07, 6.45) is 11.9. The molecule has 0 spiro atoms. The van der Waals surface area contributed by atoms with E-state index in [4.69, 9.17) is 0 Å². The Labute approximate surface area is 116 Å². The van der Waals surface area contributed by atoms with Gasteiger partial charge in [-0.3, -0.25) is 4.79 Å². The number of ether oxygens (including phenoxy) is 1. The molecule has 0 fully saturated rings. The molecule has 17 heavy (non-hydrogen) atoms. The summed E-state index contributed by atoms with van der Waals surface area (Å²) in [6, 6.07) is 0. The van der Waals surface area contributed by atoms with Crippen molar-refractivity contribution in [3.05, 3.63) is 34.5 Å². The molecule has 0 unspecified atom stereocenters. The first-order valence-electron chi connectivity index (χ1n) is 5.52. The van der Waals surface area contributed by atoms with Gasteiger partial charge in [0.2, 0.25) is 0 Å². The number of aliphatic hydroxyl groups excluding tert-OH is 1. The Bertz CT molecular complexity index is 282. The van der Waals surface area contributed by atoms with Crippen LogP contribution in [-0.2, 0) is 9.53 Å². The predicted molar refractivity (Wildman–Crippen MR) is 77.9 cm³/mol. The zero-order chi connectivity index (χ0) is 12.9. The molecule has 0 aliphatic carbocycles. The van der Waals surface area contributed by atoms with Crippen LogP contribution in [0.25, 0.3) is 0 Å². The molecule has 0 aromatic rings. The standard InChI is InChI=1S/C13H19IO3/c1-17-13(16)9-7-5-3-2-4-6-8-12(15)10-11-14/h3-6,10-12,15H,2,7-9H2,1H3/b5-3-,6-4-,11-10+/t12-/m1/s1. The summed E-state index contributed by atoms with van der Waals surface area (Å²) in [7, 11) is 1.39. The highest BCUT2D eigenvalue weighted by Crippen LogP contribution is 2.00. The average Bonchev–Trinajstić information content (AvgIpc) is 2.32. The monoisotopic (exact) mass is 350 g/mol. The number of aliphatic hydroxyl groups is 1. The Kier molecular flexibility index (Phi) is 11.4. The van der Waals surface area contributed by atoms with E-state index in [1.54, 1.807) is 6.08 Å². The summed E-state index contributed by atoms with van der Waals surface area (Å²) in [6.45, 7) is 0. The smallest absolute Gasteiger partial charge is 0.305 e. The molecule has 0 saturated carbocycles. The van der Waals surface area contributed by atoms with E-state index in [-0.39, 0.29) is 5.97 Å². The van der Waals surface area contributed by atoms with Gasteiger partial charge in [-0.15, -0.1) is 0 Å². The Morgan fingerprint density at radius 2 is 2.06 bits per heavy atom. The van der Waals surface area contributed by atoms with Gasteiger partial charge in [0, 0.05) is 6.42 Å². The SMILES string of the molecule is COC(=O)CC/C=C\C/C=C\C[C@@H](O)/C=C/I. The van der Waals surface area contributed by atoms with Gasteiger partial charge >= 0.3 is 5.97 Å². The number of esters is 1. The van der Waals surface area contributed by atoms with Crippen molar-refractivity contribution in [2.75, 3.05) is 7.11 Å². The van der Waals surface area contributed by atoms with E-state index < -0.39 is 6.10 Å². The van der Waals surface area contributed by atoms with Crippen LogP contribution in [0.15, 0.2) is 34.5 Å². The zero-order valence-corrected chi connectivity index (χ0v) is 12.2. The lowest BCUT2D eigenvalue weighted by Gasteiger charge is -1.98. The van der Waals surface area contributed by atoms with Gasteiger partial charge in [-0.2, -0.15) is 0 Å². The normalized spacial score (nSPS) is 13.8. The third-order valence-electron chi connectivity index (χ3n) is 2.02. The first-order valence-corrected chi connectivity index (χ1v) is 6.77. The van der Waals surface area contributed by atoms with Crippen molar-refractivity contribution < 1.29 is 14.6 Å². The molecule has 0 aliphatic rings. The lowest BCUT2D eigenvalue weighted by atomic mass is 10.2. The lowest BCUT2D eigenvalue weighted by molar-refractivity contribution is -0.140. The fourth-order valence-corrected chi connectivity index (χ4v) is 1.57. The number of allylic oxidation sites excluding steroid dienone is 3. The number of halogens is 1. The van der Waals surface area contributed by atoms with Crippen LogP contribution in [0.4, 0.5) is 0 Å². The number of methoxy groups -OCH3 is 1. The van der Waals surface area contributed by atoms with E-state index in [9.17, 15) is 9.90 Å². The van der Waals surface area contributed by atoms with Gasteiger partial charge in [0.25, 0.3) is 0 Å². The van der Waals surface area contributed by atoms with Crippen LogP contribution in [0.1, 0.15) is 25.7 Å². The molecular weight excluding hydrogens is 331 g/mol. The maximum absolute atomic E-state index is 10.8. The number of carbonyl (C=O) groups is 1. The van der Waals surface area contributed by atoms with Crippen molar-refractivity contribution in [3.8, 4) is 0 Å². The predicted octanol–water partition coefficient (Wildman–Crippen LogP) is 3.14. The molecule has 0 aliphatic heterocycles. The lowest BCUT2D eigenvalue weighted by Crippen LogP contribution is -1.98. The van der Waals surface area contributed by atoms with Gasteiger partial charge in [0.1, 0.15) is 0 Å². The molecular formula is C13H19IO3. The summed E-state index contributed by atoms with van der Waals surface area (Å²) in [5.41, 5.74) is 0. The Balaban J connectivity index is 3.52. The van der Waals surface area contributed by atoms with Gasteiger partial charge in [-0.05, 0) is 29.4 Å². The molecule has 1 N–H and O–H groups in total. The molecule has 0 aromatic carbocycles. The molecule has 0 heterocycles. The van der Waals surface area contributed by atoms with Gasteiger partial charge in [-0.25, -0.2) is 0 Å². The topological polar surface area (TPSA) is 46.5 Å². The maximum atomic E-state index is 10.8. The fourth-order valence-electron chi connectivity index (χ4n) is 1.09. The van der Waals surface area contributed by atoms with Crippen molar-refractivity contribution in [3.63, 3.8) is 0 Å². The van der Waals surface area contributed by atoms with Crippen LogP contribution in [0.3, 0.4) is 0 Å². The molecule has 0 bridgehead atoms. The average molecular weight is 350 g/mol. The van der Waals surface area contributed by atoms with Crippen LogP contribution in [0.5, 0.6) is 0 Å². The zero-order valence-electron chi connectivity index (χ0n) is 10.0. The fraction of sp³-hybridized carbons (Fsp3) is 0.462. The van der Waals surface area contributed by atoms with Gasteiger partial charge in [0.05, 0.1) is 13.2 Å². The first-order chi connectivity index (χ1) is 8.20. The second-order valence-corrected chi connectivity index (χ2v) is 4.13. The number of rotatable bonds is 8. The minimum absolute atomic E-state index is 0.182. The van der Waals surface area contributed by atoms with Crippen LogP contribution in [0, 0.1) is 0 Å². The van der Waals surface area contributed by atoms with Gasteiger partial charge < -0.3 is 9.84 Å². The Hall–Kier alpha value is -0.620. The van der Waals surface area contributed by atoms with Crippen molar-refractivity contribution in [1.82, 2.24) is 0 Å². The molecule has 0 aromatic heterocycles. The molecule has 96 valence electrons. The van der Waals surface area contributed by atoms with Crippen LogP contribution in [-0.4, -0.2) is 24.3 Å². The molecule has 4 heteroatoms. The highest BCUT2D eigenvalue weighted by molar-refractivity contribution is 14.1. The van der Waals surface area contributed by atoms with Crippen LogP contribution in [0.2, 0.25) is 0 Å². The molecule has 3 nitrogen and oxygen atoms in total. The minimum Gasteiger partial charge on any atom is -0.469 e. The van der Waals surface area contributed by atoms with Crippen LogP contribution >= 0.6 is 22.6 Å². The van der Waals surface area contributed by atoms with Crippen molar-refractivity contribution in [2.45, 2.75) is 31.8 Å². The maximum Gasteiger partial charge on any atom is 0.305 e.